The third-order valence-corrected chi connectivity index (χ3v) is 3.92. The van der Waals surface area contributed by atoms with Crippen molar-refractivity contribution >= 4 is 45.3 Å². The average Bonchev–Trinajstić information content (AvgIpc) is 2.51. The first kappa shape index (κ1) is 16.5. The molecule has 6 heteroatoms. The second-order valence-corrected chi connectivity index (χ2v) is 5.93. The number of hydrogen-bond donors (Lipinski definition) is 2. The minimum Gasteiger partial charge on any atom is -0.376 e. The lowest BCUT2D eigenvalue weighted by Gasteiger charge is -2.09. The van der Waals surface area contributed by atoms with Gasteiger partial charge in [-0.15, -0.1) is 0 Å². The summed E-state index contributed by atoms with van der Waals surface area (Å²) in [5.74, 6) is -0.229. The van der Waals surface area contributed by atoms with Gasteiger partial charge in [0.15, 0.2) is 0 Å². The number of anilines is 1. The first-order chi connectivity index (χ1) is 10.6. The third-order valence-electron chi connectivity index (χ3n) is 2.98. The number of amides is 1. The normalized spacial score (nSPS) is 10.7. The molecule has 0 bridgehead atoms. The summed E-state index contributed by atoms with van der Waals surface area (Å²) in [7, 11) is 0. The molecule has 2 rings (SSSR count). The predicted molar refractivity (Wildman–Crippen MR) is 94.6 cm³/mol. The third kappa shape index (κ3) is 4.86. The minimum absolute atomic E-state index is 0.124. The Morgan fingerprint density at radius 3 is 2.73 bits per heavy atom. The Bertz CT molecular complexity index is 686. The van der Waals surface area contributed by atoms with Crippen LogP contribution in [0.2, 0.25) is 5.02 Å². The lowest BCUT2D eigenvalue weighted by molar-refractivity contribution is -0.119. The van der Waals surface area contributed by atoms with Gasteiger partial charge in [0, 0.05) is 15.2 Å². The summed E-state index contributed by atoms with van der Waals surface area (Å²) < 4.78 is 0.995. The quantitative estimate of drug-likeness (QED) is 0.609. The van der Waals surface area contributed by atoms with Crippen molar-refractivity contribution in [3.05, 3.63) is 63.1 Å². The van der Waals surface area contributed by atoms with Crippen molar-refractivity contribution < 1.29 is 4.79 Å². The number of benzene rings is 2. The summed E-state index contributed by atoms with van der Waals surface area (Å²) in [6.07, 6.45) is 1.59. The van der Waals surface area contributed by atoms with Crippen LogP contribution < -0.4 is 10.7 Å². The van der Waals surface area contributed by atoms with E-state index in [4.69, 9.17) is 11.6 Å². The Kier molecular flexibility index (Phi) is 5.98. The first-order valence-corrected chi connectivity index (χ1v) is 7.80. The molecule has 0 fully saturated rings. The molecule has 0 aliphatic heterocycles. The molecule has 2 aromatic carbocycles. The molecule has 4 nitrogen and oxygen atoms in total. The van der Waals surface area contributed by atoms with Crippen molar-refractivity contribution in [3.8, 4) is 0 Å². The summed E-state index contributed by atoms with van der Waals surface area (Å²) >= 11 is 9.38. The van der Waals surface area contributed by atoms with Crippen molar-refractivity contribution in [1.29, 1.82) is 0 Å². The largest absolute Gasteiger partial charge is 0.376 e. The SMILES string of the molecule is Cc1c(Cl)cccc1NCC(=O)N/N=C/c1ccc(Br)cc1. The highest BCUT2D eigenvalue weighted by atomic mass is 79.9. The van der Waals surface area contributed by atoms with Crippen LogP contribution in [0.3, 0.4) is 0 Å². The van der Waals surface area contributed by atoms with E-state index < -0.39 is 0 Å². The number of rotatable bonds is 5. The van der Waals surface area contributed by atoms with E-state index in [2.05, 4.69) is 31.8 Å². The maximum Gasteiger partial charge on any atom is 0.259 e. The molecule has 2 N–H and O–H groups in total. The highest BCUT2D eigenvalue weighted by Crippen LogP contribution is 2.22. The Morgan fingerprint density at radius 1 is 1.27 bits per heavy atom. The summed E-state index contributed by atoms with van der Waals surface area (Å²) in [6.45, 7) is 2.02. The van der Waals surface area contributed by atoms with E-state index in [0.29, 0.717) is 5.02 Å². The van der Waals surface area contributed by atoms with Crippen LogP contribution >= 0.6 is 27.5 Å². The molecule has 0 aliphatic rings. The topological polar surface area (TPSA) is 53.5 Å². The minimum atomic E-state index is -0.229. The molecular formula is C16H15BrClN3O. The standard InChI is InChI=1S/C16H15BrClN3O/c1-11-14(18)3-2-4-15(11)19-10-16(22)21-20-9-12-5-7-13(17)8-6-12/h2-9,19H,10H2,1H3,(H,21,22)/b20-9+. The second-order valence-electron chi connectivity index (χ2n) is 4.61. The number of carbonyl (C=O) groups is 1. The van der Waals surface area contributed by atoms with Crippen LogP contribution in [0.4, 0.5) is 5.69 Å². The number of halogens is 2. The molecular weight excluding hydrogens is 366 g/mol. The van der Waals surface area contributed by atoms with Crippen LogP contribution in [0.5, 0.6) is 0 Å². The predicted octanol–water partition coefficient (Wildman–Crippen LogP) is 3.97. The summed E-state index contributed by atoms with van der Waals surface area (Å²) in [6, 6.07) is 13.1. The monoisotopic (exact) mass is 379 g/mol. The zero-order chi connectivity index (χ0) is 15.9. The fourth-order valence-corrected chi connectivity index (χ4v) is 2.18. The van der Waals surface area contributed by atoms with Gasteiger partial charge in [-0.25, -0.2) is 5.43 Å². The van der Waals surface area contributed by atoms with Gasteiger partial charge in [0.05, 0.1) is 12.8 Å². The molecule has 0 atom stereocenters. The molecule has 1 amide bonds. The van der Waals surface area contributed by atoms with Crippen molar-refractivity contribution in [3.63, 3.8) is 0 Å². The van der Waals surface area contributed by atoms with Gasteiger partial charge in [-0.3, -0.25) is 4.79 Å². The number of nitrogens with one attached hydrogen (secondary N) is 2. The molecule has 2 aromatic rings. The zero-order valence-electron chi connectivity index (χ0n) is 11.9. The number of carbonyl (C=O) groups excluding carboxylic acids is 1. The smallest absolute Gasteiger partial charge is 0.259 e. The van der Waals surface area contributed by atoms with E-state index >= 15 is 0 Å². The van der Waals surface area contributed by atoms with Crippen LogP contribution in [0.15, 0.2) is 52.0 Å². The number of hydrogen-bond acceptors (Lipinski definition) is 3. The molecule has 0 heterocycles. The van der Waals surface area contributed by atoms with Gasteiger partial charge in [-0.1, -0.05) is 45.7 Å². The molecule has 0 aromatic heterocycles. The van der Waals surface area contributed by atoms with E-state index in [1.807, 2.05) is 49.4 Å². The van der Waals surface area contributed by atoms with Gasteiger partial charge in [0.1, 0.15) is 0 Å². The van der Waals surface area contributed by atoms with E-state index in [9.17, 15) is 4.79 Å². The zero-order valence-corrected chi connectivity index (χ0v) is 14.3. The Hall–Kier alpha value is -1.85. The lowest BCUT2D eigenvalue weighted by atomic mass is 10.2. The van der Waals surface area contributed by atoms with Gasteiger partial charge in [0.25, 0.3) is 5.91 Å². The molecule has 0 saturated carbocycles. The molecule has 0 saturated heterocycles. The molecule has 114 valence electrons. The van der Waals surface area contributed by atoms with Gasteiger partial charge >= 0.3 is 0 Å². The van der Waals surface area contributed by atoms with Crippen LogP contribution in [-0.4, -0.2) is 18.7 Å². The molecule has 22 heavy (non-hydrogen) atoms. The Morgan fingerprint density at radius 2 is 2.00 bits per heavy atom. The van der Waals surface area contributed by atoms with Crippen LogP contribution in [0.25, 0.3) is 0 Å². The van der Waals surface area contributed by atoms with Crippen molar-refractivity contribution in [1.82, 2.24) is 5.43 Å². The summed E-state index contributed by atoms with van der Waals surface area (Å²) in [4.78, 5) is 11.7. The van der Waals surface area contributed by atoms with Crippen LogP contribution in [0.1, 0.15) is 11.1 Å². The number of hydrazone groups is 1. The fourth-order valence-electron chi connectivity index (χ4n) is 1.74. The highest BCUT2D eigenvalue weighted by Gasteiger charge is 2.04. The molecule has 0 spiro atoms. The van der Waals surface area contributed by atoms with E-state index in [1.54, 1.807) is 6.21 Å². The Labute approximate surface area is 142 Å². The van der Waals surface area contributed by atoms with Gasteiger partial charge in [0.2, 0.25) is 0 Å². The van der Waals surface area contributed by atoms with E-state index in [0.717, 1.165) is 21.3 Å². The second kappa shape index (κ2) is 7.96. The molecule has 0 unspecified atom stereocenters. The summed E-state index contributed by atoms with van der Waals surface area (Å²) in [5, 5.41) is 7.62. The molecule has 0 aliphatic carbocycles. The number of nitrogens with zero attached hydrogens (tertiary/aromatic N) is 1. The maximum absolute atomic E-state index is 11.7. The fraction of sp³-hybridized carbons (Fsp3) is 0.125. The van der Waals surface area contributed by atoms with Crippen molar-refractivity contribution in [2.24, 2.45) is 5.10 Å². The van der Waals surface area contributed by atoms with Crippen LogP contribution in [-0.2, 0) is 4.79 Å². The first-order valence-electron chi connectivity index (χ1n) is 6.63. The molecule has 0 radical (unpaired) electrons. The summed E-state index contributed by atoms with van der Waals surface area (Å²) in [5.41, 5.74) is 5.12. The Balaban J connectivity index is 1.83. The van der Waals surface area contributed by atoms with Crippen LogP contribution in [0, 0.1) is 6.92 Å². The lowest BCUT2D eigenvalue weighted by Crippen LogP contribution is -2.26. The van der Waals surface area contributed by atoms with Crippen molar-refractivity contribution in [2.45, 2.75) is 6.92 Å². The highest BCUT2D eigenvalue weighted by molar-refractivity contribution is 9.10. The van der Waals surface area contributed by atoms with E-state index in [1.165, 1.54) is 0 Å². The van der Waals surface area contributed by atoms with Gasteiger partial charge in [-0.2, -0.15) is 5.10 Å². The van der Waals surface area contributed by atoms with Crippen molar-refractivity contribution in [2.75, 3.05) is 11.9 Å². The maximum atomic E-state index is 11.7. The van der Waals surface area contributed by atoms with E-state index in [-0.39, 0.29) is 12.5 Å². The van der Waals surface area contributed by atoms with Gasteiger partial charge < -0.3 is 5.32 Å². The average molecular weight is 381 g/mol. The van der Waals surface area contributed by atoms with Gasteiger partial charge in [-0.05, 0) is 42.3 Å².